The summed E-state index contributed by atoms with van der Waals surface area (Å²) < 4.78 is 25.0. The van der Waals surface area contributed by atoms with Crippen molar-refractivity contribution in [3.8, 4) is 0 Å². The van der Waals surface area contributed by atoms with Crippen LogP contribution in [0.5, 0.6) is 0 Å². The highest BCUT2D eigenvalue weighted by Crippen LogP contribution is 2.30. The number of carbonyl (C=O) groups is 1. The van der Waals surface area contributed by atoms with Crippen molar-refractivity contribution < 1.29 is 13.2 Å². The average Bonchev–Trinajstić information content (AvgIpc) is 3.49. The molecule has 2 saturated heterocycles. The van der Waals surface area contributed by atoms with Gasteiger partial charge in [0.25, 0.3) is 5.56 Å². The Labute approximate surface area is 175 Å². The van der Waals surface area contributed by atoms with Crippen LogP contribution in [0.25, 0.3) is 10.9 Å². The van der Waals surface area contributed by atoms with Crippen LogP contribution in [-0.4, -0.2) is 66.5 Å². The number of anilines is 1. The van der Waals surface area contributed by atoms with Crippen LogP contribution in [0.3, 0.4) is 0 Å². The minimum Gasteiger partial charge on any atom is -0.368 e. The molecule has 1 amide bonds. The van der Waals surface area contributed by atoms with E-state index in [1.165, 1.54) is 12.8 Å². The third-order valence-corrected chi connectivity index (χ3v) is 8.27. The maximum atomic E-state index is 12.7. The second-order valence-electron chi connectivity index (χ2n) is 8.76. The molecule has 9 heteroatoms. The Balaban J connectivity index is 1.26. The van der Waals surface area contributed by atoms with Crippen LogP contribution < -0.4 is 10.5 Å². The third kappa shape index (κ3) is 3.82. The topological polar surface area (TPSA) is 92.6 Å². The lowest BCUT2D eigenvalue weighted by molar-refractivity contribution is -0.135. The highest BCUT2D eigenvalue weighted by atomic mass is 32.2. The summed E-state index contributed by atoms with van der Waals surface area (Å²) in [5, 5.41) is 0.637. The zero-order chi connectivity index (χ0) is 20.9. The highest BCUT2D eigenvalue weighted by molar-refractivity contribution is 7.91. The van der Waals surface area contributed by atoms with Crippen molar-refractivity contribution >= 4 is 32.3 Å². The maximum Gasteiger partial charge on any atom is 0.261 e. The highest BCUT2D eigenvalue weighted by Gasteiger charge is 2.36. The number of hydrogen-bond acceptors (Lipinski definition) is 6. The number of amides is 1. The number of aromatic nitrogens is 2. The summed E-state index contributed by atoms with van der Waals surface area (Å²) >= 11 is 0. The first kappa shape index (κ1) is 19.5. The minimum absolute atomic E-state index is 0.0132. The molecular formula is C21H26N4O4S. The number of sulfone groups is 1. The van der Waals surface area contributed by atoms with Gasteiger partial charge in [-0.2, -0.15) is 0 Å². The van der Waals surface area contributed by atoms with Gasteiger partial charge in [0.1, 0.15) is 0 Å². The van der Waals surface area contributed by atoms with Gasteiger partial charge in [-0.05, 0) is 43.4 Å². The predicted octanol–water partition coefficient (Wildman–Crippen LogP) is 0.890. The molecule has 8 nitrogen and oxygen atoms in total. The largest absolute Gasteiger partial charge is 0.368 e. The first-order valence-electron chi connectivity index (χ1n) is 10.6. The lowest BCUT2D eigenvalue weighted by Gasteiger charge is -2.37. The lowest BCUT2D eigenvalue weighted by Crippen LogP contribution is -2.50. The Morgan fingerprint density at radius 1 is 1.10 bits per heavy atom. The fraction of sp³-hybridized carbons (Fsp3) is 0.571. The van der Waals surface area contributed by atoms with Gasteiger partial charge in [0.15, 0.2) is 9.84 Å². The fourth-order valence-corrected chi connectivity index (χ4v) is 6.22. The van der Waals surface area contributed by atoms with Crippen molar-refractivity contribution in [1.82, 2.24) is 14.5 Å². The van der Waals surface area contributed by atoms with Crippen molar-refractivity contribution in [2.24, 2.45) is 11.8 Å². The first-order chi connectivity index (χ1) is 14.4. The zero-order valence-electron chi connectivity index (χ0n) is 16.9. The van der Waals surface area contributed by atoms with Crippen molar-refractivity contribution in [2.75, 3.05) is 42.6 Å². The predicted molar refractivity (Wildman–Crippen MR) is 114 cm³/mol. The van der Waals surface area contributed by atoms with Gasteiger partial charge in [0, 0.05) is 38.4 Å². The van der Waals surface area contributed by atoms with Crippen LogP contribution in [0.4, 0.5) is 5.69 Å². The van der Waals surface area contributed by atoms with Crippen LogP contribution >= 0.6 is 0 Å². The van der Waals surface area contributed by atoms with Crippen molar-refractivity contribution in [1.29, 1.82) is 0 Å². The Kier molecular flexibility index (Phi) is 4.80. The van der Waals surface area contributed by atoms with Gasteiger partial charge >= 0.3 is 0 Å². The molecule has 160 valence electrons. The summed E-state index contributed by atoms with van der Waals surface area (Å²) in [6.45, 7) is 3.25. The molecular weight excluding hydrogens is 404 g/mol. The summed E-state index contributed by atoms with van der Waals surface area (Å²) in [5.74, 6) is 0.303. The lowest BCUT2D eigenvalue weighted by atomic mass is 10.1. The van der Waals surface area contributed by atoms with Crippen LogP contribution in [0.15, 0.2) is 29.3 Å². The molecule has 0 N–H and O–H groups in total. The van der Waals surface area contributed by atoms with Crippen molar-refractivity contribution in [2.45, 2.75) is 25.8 Å². The van der Waals surface area contributed by atoms with Crippen LogP contribution in [-0.2, 0) is 21.2 Å². The van der Waals surface area contributed by atoms with Crippen LogP contribution in [0.2, 0.25) is 0 Å². The molecule has 1 unspecified atom stereocenters. The van der Waals surface area contributed by atoms with Gasteiger partial charge < -0.3 is 9.80 Å². The molecule has 1 aromatic heterocycles. The number of nitrogens with zero attached hydrogens (tertiary/aromatic N) is 4. The molecule has 5 rings (SSSR count). The fourth-order valence-electron chi connectivity index (χ4n) is 4.49. The standard InChI is InChI=1S/C21H26N4O4S/c26-20(16-5-10-30(28,29)13-16)24-8-6-23(7-9-24)17-3-4-18-19(11-17)22-14-25(21(18)27)12-15-1-2-15/h3-4,11,14-16H,1-2,5-10,12-13H2. The molecule has 3 heterocycles. The third-order valence-electron chi connectivity index (χ3n) is 6.50. The summed E-state index contributed by atoms with van der Waals surface area (Å²) in [4.78, 5) is 33.8. The van der Waals surface area contributed by atoms with Gasteiger partial charge in [-0.3, -0.25) is 14.2 Å². The number of hydrogen-bond donors (Lipinski definition) is 0. The monoisotopic (exact) mass is 430 g/mol. The number of carbonyl (C=O) groups excluding carboxylic acids is 1. The SMILES string of the molecule is O=C(C1CCS(=O)(=O)C1)N1CCN(c2ccc3c(=O)n(CC4CC4)cnc3c2)CC1. The average molecular weight is 431 g/mol. The summed E-state index contributed by atoms with van der Waals surface area (Å²) in [6, 6.07) is 5.75. The summed E-state index contributed by atoms with van der Waals surface area (Å²) in [5.41, 5.74) is 1.70. The van der Waals surface area contributed by atoms with Gasteiger partial charge in [0.2, 0.25) is 5.91 Å². The molecule has 3 fully saturated rings. The number of rotatable bonds is 4. The Morgan fingerprint density at radius 2 is 1.87 bits per heavy atom. The van der Waals surface area contributed by atoms with Crippen LogP contribution in [0.1, 0.15) is 19.3 Å². The van der Waals surface area contributed by atoms with Gasteiger partial charge in [-0.1, -0.05) is 0 Å². The quantitative estimate of drug-likeness (QED) is 0.715. The Bertz CT molecular complexity index is 1150. The second kappa shape index (κ2) is 7.37. The Hall–Kier alpha value is -2.42. The smallest absolute Gasteiger partial charge is 0.261 e. The molecule has 3 aliphatic rings. The molecule has 0 bridgehead atoms. The van der Waals surface area contributed by atoms with E-state index in [-0.39, 0.29) is 28.9 Å². The van der Waals surface area contributed by atoms with E-state index in [1.54, 1.807) is 15.8 Å². The number of piperazine rings is 1. The summed E-state index contributed by atoms with van der Waals surface area (Å²) in [7, 11) is -3.06. The van der Waals surface area contributed by atoms with Gasteiger partial charge in [-0.15, -0.1) is 0 Å². The van der Waals surface area contributed by atoms with E-state index in [2.05, 4.69) is 9.88 Å². The summed E-state index contributed by atoms with van der Waals surface area (Å²) in [6.07, 6.45) is 4.47. The van der Waals surface area contributed by atoms with Gasteiger partial charge in [0.05, 0.1) is 34.7 Å². The van der Waals surface area contributed by atoms with E-state index in [9.17, 15) is 18.0 Å². The molecule has 2 aliphatic heterocycles. The van der Waals surface area contributed by atoms with Crippen molar-refractivity contribution in [3.63, 3.8) is 0 Å². The zero-order valence-corrected chi connectivity index (χ0v) is 17.7. The number of fused-ring (bicyclic) bond motifs is 1. The first-order valence-corrected chi connectivity index (χ1v) is 12.5. The molecule has 1 atom stereocenters. The molecule has 30 heavy (non-hydrogen) atoms. The van der Waals surface area contributed by atoms with Crippen LogP contribution in [0, 0.1) is 11.8 Å². The number of benzene rings is 1. The second-order valence-corrected chi connectivity index (χ2v) is 11.0. The Morgan fingerprint density at radius 3 is 2.53 bits per heavy atom. The van der Waals surface area contributed by atoms with Crippen molar-refractivity contribution in [3.05, 3.63) is 34.9 Å². The molecule has 1 aromatic carbocycles. The molecule has 0 radical (unpaired) electrons. The van der Waals surface area contributed by atoms with E-state index >= 15 is 0 Å². The minimum atomic E-state index is -3.06. The van der Waals surface area contributed by atoms with E-state index in [0.29, 0.717) is 49.4 Å². The van der Waals surface area contributed by atoms with E-state index < -0.39 is 9.84 Å². The van der Waals surface area contributed by atoms with E-state index in [0.717, 1.165) is 12.2 Å². The van der Waals surface area contributed by atoms with E-state index in [4.69, 9.17) is 0 Å². The molecule has 0 spiro atoms. The molecule has 1 saturated carbocycles. The van der Waals surface area contributed by atoms with Gasteiger partial charge in [-0.25, -0.2) is 13.4 Å². The maximum absolute atomic E-state index is 12.7. The van der Waals surface area contributed by atoms with E-state index in [1.807, 2.05) is 18.2 Å². The molecule has 1 aliphatic carbocycles. The normalized spacial score (nSPS) is 23.8. The molecule has 2 aromatic rings.